The number of thioether (sulfide) groups is 1. The molecule has 2 aromatic heterocycles. The van der Waals surface area contributed by atoms with Crippen molar-refractivity contribution in [2.24, 2.45) is 0 Å². The molecule has 0 saturated carbocycles. The Morgan fingerprint density at radius 2 is 1.50 bits per heavy atom. The van der Waals surface area contributed by atoms with Gasteiger partial charge in [-0.3, -0.25) is 14.5 Å². The van der Waals surface area contributed by atoms with Crippen LogP contribution in [0.1, 0.15) is 32.1 Å². The molecular formula is C24H23N3O2S. The van der Waals surface area contributed by atoms with E-state index in [4.69, 9.17) is 0 Å². The number of benzene rings is 2. The van der Waals surface area contributed by atoms with Crippen molar-refractivity contribution in [3.63, 3.8) is 0 Å². The van der Waals surface area contributed by atoms with E-state index in [1.807, 2.05) is 67.3 Å². The lowest BCUT2D eigenvalue weighted by Gasteiger charge is -2.22. The fourth-order valence-corrected chi connectivity index (χ4v) is 5.75. The van der Waals surface area contributed by atoms with Crippen LogP contribution < -0.4 is 0 Å². The molecule has 0 bridgehead atoms. The highest BCUT2D eigenvalue weighted by Crippen LogP contribution is 2.32. The highest BCUT2D eigenvalue weighted by atomic mass is 32.2. The summed E-state index contributed by atoms with van der Waals surface area (Å²) in [6, 6.07) is 15.8. The Kier molecular flexibility index (Phi) is 4.76. The Hall–Kier alpha value is -2.83. The van der Waals surface area contributed by atoms with Crippen molar-refractivity contribution >= 4 is 45.1 Å². The van der Waals surface area contributed by atoms with Gasteiger partial charge in [-0.1, -0.05) is 36.4 Å². The standard InChI is InChI=1S/C24H23N3O2S/c1-14-21(16-7-3-5-9-18(16)25-14)20(28)13-27-11-12-30-24(27)23(29)22-15(2)26-19-10-6-4-8-17(19)22/h3-10,24-26H,11-13H2,1-2H3. The fraction of sp³-hybridized carbons (Fsp3) is 0.250. The Balaban J connectivity index is 1.44. The number of rotatable bonds is 5. The zero-order valence-electron chi connectivity index (χ0n) is 17.0. The number of hydrogen-bond donors (Lipinski definition) is 2. The average molecular weight is 418 g/mol. The Bertz CT molecular complexity index is 1290. The molecule has 6 heteroatoms. The molecule has 2 N–H and O–H groups in total. The number of nitrogens with one attached hydrogen (secondary N) is 2. The van der Waals surface area contributed by atoms with E-state index in [-0.39, 0.29) is 23.5 Å². The zero-order chi connectivity index (χ0) is 20.8. The molecule has 0 spiro atoms. The molecule has 1 atom stereocenters. The average Bonchev–Trinajstić information content (AvgIpc) is 3.41. The van der Waals surface area contributed by atoms with Crippen molar-refractivity contribution in [2.75, 3.05) is 18.8 Å². The smallest absolute Gasteiger partial charge is 0.192 e. The number of para-hydroxylation sites is 2. The molecular weight excluding hydrogens is 394 g/mol. The monoisotopic (exact) mass is 417 g/mol. The van der Waals surface area contributed by atoms with Crippen LogP contribution in [-0.4, -0.2) is 50.7 Å². The number of aromatic amines is 2. The van der Waals surface area contributed by atoms with Crippen LogP contribution in [-0.2, 0) is 0 Å². The lowest BCUT2D eigenvalue weighted by Crippen LogP contribution is -2.38. The maximum Gasteiger partial charge on any atom is 0.192 e. The van der Waals surface area contributed by atoms with Gasteiger partial charge in [0, 0.05) is 56.6 Å². The van der Waals surface area contributed by atoms with Gasteiger partial charge in [0.05, 0.1) is 6.54 Å². The molecule has 30 heavy (non-hydrogen) atoms. The number of nitrogens with zero attached hydrogens (tertiary/aromatic N) is 1. The van der Waals surface area contributed by atoms with E-state index in [1.54, 1.807) is 11.8 Å². The maximum atomic E-state index is 13.5. The normalized spacial score (nSPS) is 17.2. The lowest BCUT2D eigenvalue weighted by molar-refractivity contribution is 0.0866. The summed E-state index contributed by atoms with van der Waals surface area (Å²) in [5.74, 6) is 0.981. The summed E-state index contributed by atoms with van der Waals surface area (Å²) in [5.41, 5.74) is 5.17. The number of hydrogen-bond acceptors (Lipinski definition) is 4. The van der Waals surface area contributed by atoms with Crippen LogP contribution >= 0.6 is 11.8 Å². The number of carbonyl (C=O) groups excluding carboxylic acids is 2. The number of H-pyrrole nitrogens is 2. The van der Waals surface area contributed by atoms with Crippen LogP contribution in [0.5, 0.6) is 0 Å². The predicted molar refractivity (Wildman–Crippen MR) is 123 cm³/mol. The molecule has 0 aliphatic carbocycles. The molecule has 5 rings (SSSR count). The van der Waals surface area contributed by atoms with Crippen LogP contribution in [0.2, 0.25) is 0 Å². The number of carbonyl (C=O) groups is 2. The number of Topliss-reactive ketones (excluding diaryl/α,β-unsaturated/α-hetero) is 2. The Labute approximate surface area is 178 Å². The second-order valence-corrected chi connectivity index (χ2v) is 9.01. The van der Waals surface area contributed by atoms with Gasteiger partial charge in [-0.2, -0.15) is 0 Å². The minimum Gasteiger partial charge on any atom is -0.358 e. The van der Waals surface area contributed by atoms with E-state index in [1.165, 1.54) is 0 Å². The number of aryl methyl sites for hydroxylation is 2. The highest BCUT2D eigenvalue weighted by Gasteiger charge is 2.35. The molecule has 1 aliphatic heterocycles. The van der Waals surface area contributed by atoms with Crippen LogP contribution in [0.15, 0.2) is 48.5 Å². The topological polar surface area (TPSA) is 69.0 Å². The molecule has 0 amide bonds. The molecule has 1 unspecified atom stereocenters. The highest BCUT2D eigenvalue weighted by molar-refractivity contribution is 8.00. The minimum atomic E-state index is -0.336. The predicted octanol–water partition coefficient (Wildman–Crippen LogP) is 4.71. The van der Waals surface area contributed by atoms with Crippen molar-refractivity contribution in [3.8, 4) is 0 Å². The van der Waals surface area contributed by atoms with Gasteiger partial charge in [0.15, 0.2) is 11.6 Å². The third-order valence-electron chi connectivity index (χ3n) is 5.87. The van der Waals surface area contributed by atoms with Gasteiger partial charge in [-0.25, -0.2) is 0 Å². The molecule has 3 heterocycles. The first-order valence-electron chi connectivity index (χ1n) is 10.1. The van der Waals surface area contributed by atoms with Crippen molar-refractivity contribution < 1.29 is 9.59 Å². The zero-order valence-corrected chi connectivity index (χ0v) is 17.8. The molecule has 2 aromatic carbocycles. The summed E-state index contributed by atoms with van der Waals surface area (Å²) in [6.45, 7) is 4.85. The second-order valence-electron chi connectivity index (χ2n) is 7.82. The van der Waals surface area contributed by atoms with Gasteiger partial charge >= 0.3 is 0 Å². The molecule has 5 nitrogen and oxygen atoms in total. The molecule has 1 saturated heterocycles. The van der Waals surface area contributed by atoms with E-state index < -0.39 is 0 Å². The third kappa shape index (κ3) is 3.07. The number of ketones is 2. The van der Waals surface area contributed by atoms with Crippen molar-refractivity contribution in [3.05, 3.63) is 71.0 Å². The first-order chi connectivity index (χ1) is 14.5. The molecule has 1 aliphatic rings. The SMILES string of the molecule is Cc1[nH]c2ccccc2c1C(=O)CN1CCSC1C(=O)c1c(C)[nH]c2ccccc12. The van der Waals surface area contributed by atoms with Crippen molar-refractivity contribution in [2.45, 2.75) is 19.2 Å². The van der Waals surface area contributed by atoms with Gasteiger partial charge in [0.1, 0.15) is 5.37 Å². The largest absolute Gasteiger partial charge is 0.358 e. The second kappa shape index (κ2) is 7.45. The summed E-state index contributed by atoms with van der Waals surface area (Å²) in [4.78, 5) is 35.4. The van der Waals surface area contributed by atoms with E-state index in [9.17, 15) is 9.59 Å². The molecule has 152 valence electrons. The van der Waals surface area contributed by atoms with Crippen molar-refractivity contribution in [1.29, 1.82) is 0 Å². The fourth-order valence-electron chi connectivity index (χ4n) is 4.52. The maximum absolute atomic E-state index is 13.5. The molecule has 1 fully saturated rings. The first kappa shape index (κ1) is 19.2. The van der Waals surface area contributed by atoms with Gasteiger partial charge in [-0.15, -0.1) is 11.8 Å². The number of fused-ring (bicyclic) bond motifs is 2. The first-order valence-corrected chi connectivity index (χ1v) is 11.2. The molecule has 0 radical (unpaired) electrons. The van der Waals surface area contributed by atoms with Gasteiger partial charge < -0.3 is 9.97 Å². The van der Waals surface area contributed by atoms with E-state index in [2.05, 4.69) is 9.97 Å². The summed E-state index contributed by atoms with van der Waals surface area (Å²) >= 11 is 1.62. The Morgan fingerprint density at radius 3 is 2.17 bits per heavy atom. The van der Waals surface area contributed by atoms with Crippen LogP contribution in [0.3, 0.4) is 0 Å². The third-order valence-corrected chi connectivity index (χ3v) is 7.12. The van der Waals surface area contributed by atoms with Crippen LogP contribution in [0.4, 0.5) is 0 Å². The van der Waals surface area contributed by atoms with Crippen molar-refractivity contribution in [1.82, 2.24) is 14.9 Å². The van der Waals surface area contributed by atoms with Gasteiger partial charge in [-0.05, 0) is 26.0 Å². The van der Waals surface area contributed by atoms with E-state index >= 15 is 0 Å². The Morgan fingerprint density at radius 1 is 0.933 bits per heavy atom. The lowest BCUT2D eigenvalue weighted by atomic mass is 10.0. The summed E-state index contributed by atoms with van der Waals surface area (Å²) in [5, 5.41) is 1.56. The summed E-state index contributed by atoms with van der Waals surface area (Å²) < 4.78 is 0. The van der Waals surface area contributed by atoms with E-state index in [0.29, 0.717) is 0 Å². The van der Waals surface area contributed by atoms with Gasteiger partial charge in [0.2, 0.25) is 0 Å². The van der Waals surface area contributed by atoms with Crippen LogP contribution in [0, 0.1) is 13.8 Å². The summed E-state index contributed by atoms with van der Waals surface area (Å²) in [6.07, 6.45) is 0. The minimum absolute atomic E-state index is 0.0564. The summed E-state index contributed by atoms with van der Waals surface area (Å²) in [7, 11) is 0. The van der Waals surface area contributed by atoms with Gasteiger partial charge in [0.25, 0.3) is 0 Å². The number of aromatic nitrogens is 2. The van der Waals surface area contributed by atoms with Crippen LogP contribution in [0.25, 0.3) is 21.8 Å². The van der Waals surface area contributed by atoms with E-state index in [0.717, 1.165) is 56.6 Å². The molecule has 4 aromatic rings. The quantitative estimate of drug-likeness (QED) is 0.462.